The average molecular weight is 572 g/mol. The zero-order valence-corrected chi connectivity index (χ0v) is 23.5. The zero-order valence-electron chi connectivity index (χ0n) is 22.7. The lowest BCUT2D eigenvalue weighted by atomic mass is 10.2. The molecule has 1 atom stereocenters. The minimum atomic E-state index is -0.538. The maximum Gasteiger partial charge on any atom is 0.272 e. The number of amides is 3. The Labute approximate surface area is 241 Å². The normalized spacial score (nSPS) is 11.7. The fourth-order valence-electron chi connectivity index (χ4n) is 3.71. The Bertz CT molecular complexity index is 1540. The molecule has 3 N–H and O–H groups in total. The van der Waals surface area contributed by atoms with E-state index in [1.807, 2.05) is 6.07 Å². The Hall–Kier alpha value is -4.96. The van der Waals surface area contributed by atoms with E-state index in [4.69, 9.17) is 13.9 Å². The fraction of sp³-hybridized carbons (Fsp3) is 0.129. The third-order valence-electron chi connectivity index (χ3n) is 5.80. The highest BCUT2D eigenvalue weighted by atomic mass is 32.2. The van der Waals surface area contributed by atoms with E-state index in [-0.39, 0.29) is 11.6 Å². The van der Waals surface area contributed by atoms with Crippen LogP contribution in [0.4, 0.5) is 11.4 Å². The topological polar surface area (TPSA) is 119 Å². The van der Waals surface area contributed by atoms with Gasteiger partial charge in [0.25, 0.3) is 11.8 Å². The number of rotatable bonds is 11. The SMILES string of the molecule is COc1ccc(OC)c(NC(=O)C(C)Sc2cccc(NC(=O)/C(=C/c3ccco3)NC(=O)c3ccccc3)c2)c1. The molecule has 0 fully saturated rings. The summed E-state index contributed by atoms with van der Waals surface area (Å²) in [5.74, 6) is 0.298. The van der Waals surface area contributed by atoms with Crippen LogP contribution in [-0.2, 0) is 9.59 Å². The molecule has 3 amide bonds. The van der Waals surface area contributed by atoms with Gasteiger partial charge in [0.1, 0.15) is 23.0 Å². The molecule has 4 rings (SSSR count). The number of thioether (sulfide) groups is 1. The van der Waals surface area contributed by atoms with Gasteiger partial charge in [-0.1, -0.05) is 24.3 Å². The van der Waals surface area contributed by atoms with Gasteiger partial charge < -0.3 is 29.8 Å². The van der Waals surface area contributed by atoms with Crippen LogP contribution >= 0.6 is 11.8 Å². The van der Waals surface area contributed by atoms with E-state index in [1.165, 1.54) is 31.2 Å². The van der Waals surface area contributed by atoms with Crippen LogP contribution in [0.5, 0.6) is 11.5 Å². The van der Waals surface area contributed by atoms with Crippen LogP contribution in [0.25, 0.3) is 6.08 Å². The summed E-state index contributed by atoms with van der Waals surface area (Å²) >= 11 is 1.32. The molecule has 0 bridgehead atoms. The van der Waals surface area contributed by atoms with Crippen LogP contribution in [0.1, 0.15) is 23.0 Å². The Kier molecular flexibility index (Phi) is 9.85. The molecule has 0 aliphatic rings. The lowest BCUT2D eigenvalue weighted by Gasteiger charge is -2.16. The molecule has 0 saturated heterocycles. The summed E-state index contributed by atoms with van der Waals surface area (Å²) in [7, 11) is 3.07. The molecule has 1 heterocycles. The number of nitrogens with one attached hydrogen (secondary N) is 3. The van der Waals surface area contributed by atoms with E-state index in [1.54, 1.807) is 92.9 Å². The second-order valence-electron chi connectivity index (χ2n) is 8.69. The molecule has 3 aromatic carbocycles. The smallest absolute Gasteiger partial charge is 0.272 e. The molecule has 41 heavy (non-hydrogen) atoms. The molecular weight excluding hydrogens is 542 g/mol. The molecule has 1 aromatic heterocycles. The molecule has 10 heteroatoms. The number of ether oxygens (including phenoxy) is 2. The highest BCUT2D eigenvalue weighted by Gasteiger charge is 2.19. The molecule has 0 aliphatic carbocycles. The van der Waals surface area contributed by atoms with E-state index in [0.29, 0.717) is 34.2 Å². The Balaban J connectivity index is 1.45. The maximum absolute atomic E-state index is 13.2. The van der Waals surface area contributed by atoms with E-state index in [2.05, 4.69) is 16.0 Å². The summed E-state index contributed by atoms with van der Waals surface area (Å²) in [5.41, 5.74) is 1.40. The number of benzene rings is 3. The van der Waals surface area contributed by atoms with Gasteiger partial charge in [0.05, 0.1) is 31.4 Å². The van der Waals surface area contributed by atoms with Gasteiger partial charge in [-0.3, -0.25) is 14.4 Å². The van der Waals surface area contributed by atoms with E-state index >= 15 is 0 Å². The van der Waals surface area contributed by atoms with Crippen molar-refractivity contribution in [3.8, 4) is 11.5 Å². The number of carbonyl (C=O) groups is 3. The summed E-state index contributed by atoms with van der Waals surface area (Å²) in [6, 6.07) is 24.2. The van der Waals surface area contributed by atoms with Gasteiger partial charge in [0.2, 0.25) is 5.91 Å². The van der Waals surface area contributed by atoms with Gasteiger partial charge in [-0.15, -0.1) is 11.8 Å². The predicted molar refractivity (Wildman–Crippen MR) is 159 cm³/mol. The molecule has 4 aromatic rings. The standard InChI is InChI=1S/C31H29N3O6S/c1-20(29(35)33-26-18-23(38-2)14-15-28(26)39-3)41-25-13-7-11-22(17-25)32-31(37)27(19-24-12-8-16-40-24)34-30(36)21-9-5-4-6-10-21/h4-20H,1-3H3,(H,32,37)(H,33,35)(H,34,36)/b27-19-. The number of hydrogen-bond acceptors (Lipinski definition) is 7. The fourth-order valence-corrected chi connectivity index (χ4v) is 4.63. The average Bonchev–Trinajstić information content (AvgIpc) is 3.50. The highest BCUT2D eigenvalue weighted by Crippen LogP contribution is 2.31. The van der Waals surface area contributed by atoms with Gasteiger partial charge in [-0.25, -0.2) is 0 Å². The van der Waals surface area contributed by atoms with Crippen molar-refractivity contribution in [3.63, 3.8) is 0 Å². The number of anilines is 2. The van der Waals surface area contributed by atoms with Crippen LogP contribution in [-0.4, -0.2) is 37.2 Å². The predicted octanol–water partition coefficient (Wildman–Crippen LogP) is 5.83. The first-order chi connectivity index (χ1) is 19.9. The first kappa shape index (κ1) is 29.0. The summed E-state index contributed by atoms with van der Waals surface area (Å²) in [6.45, 7) is 1.78. The van der Waals surface area contributed by atoms with Crippen LogP contribution in [0.15, 0.2) is 106 Å². The minimum Gasteiger partial charge on any atom is -0.497 e. The first-order valence-corrected chi connectivity index (χ1v) is 13.5. The number of methoxy groups -OCH3 is 2. The van der Waals surface area contributed by atoms with Crippen molar-refractivity contribution >= 4 is 46.9 Å². The Morgan fingerprint density at radius 2 is 1.68 bits per heavy atom. The third-order valence-corrected chi connectivity index (χ3v) is 6.89. The summed E-state index contributed by atoms with van der Waals surface area (Å²) in [6.07, 6.45) is 2.93. The molecule has 210 valence electrons. The summed E-state index contributed by atoms with van der Waals surface area (Å²) in [4.78, 5) is 39.7. The Morgan fingerprint density at radius 3 is 2.39 bits per heavy atom. The van der Waals surface area contributed by atoms with Crippen molar-refractivity contribution in [2.45, 2.75) is 17.1 Å². The summed E-state index contributed by atoms with van der Waals surface area (Å²) < 4.78 is 15.9. The number of carbonyl (C=O) groups excluding carboxylic acids is 3. The molecule has 0 aliphatic heterocycles. The van der Waals surface area contributed by atoms with E-state index in [9.17, 15) is 14.4 Å². The maximum atomic E-state index is 13.2. The second kappa shape index (κ2) is 13.9. The quantitative estimate of drug-likeness (QED) is 0.153. The van der Waals surface area contributed by atoms with Crippen molar-refractivity contribution in [1.82, 2.24) is 5.32 Å². The van der Waals surface area contributed by atoms with Crippen LogP contribution in [0.2, 0.25) is 0 Å². The van der Waals surface area contributed by atoms with Crippen molar-refractivity contribution in [1.29, 1.82) is 0 Å². The van der Waals surface area contributed by atoms with Gasteiger partial charge in [-0.2, -0.15) is 0 Å². The van der Waals surface area contributed by atoms with Crippen LogP contribution in [0, 0.1) is 0 Å². The van der Waals surface area contributed by atoms with E-state index in [0.717, 1.165) is 4.90 Å². The molecule has 0 saturated carbocycles. The lowest BCUT2D eigenvalue weighted by Crippen LogP contribution is -2.30. The number of furan rings is 1. The van der Waals surface area contributed by atoms with E-state index < -0.39 is 17.1 Å². The van der Waals surface area contributed by atoms with Crippen molar-refractivity contribution in [3.05, 3.63) is 108 Å². The van der Waals surface area contributed by atoms with Gasteiger partial charge in [0, 0.05) is 28.3 Å². The molecule has 0 spiro atoms. The minimum absolute atomic E-state index is 0.00633. The zero-order chi connectivity index (χ0) is 29.2. The summed E-state index contributed by atoms with van der Waals surface area (Å²) in [5, 5.41) is 7.88. The molecule has 9 nitrogen and oxygen atoms in total. The lowest BCUT2D eigenvalue weighted by molar-refractivity contribution is -0.115. The monoisotopic (exact) mass is 571 g/mol. The molecule has 0 radical (unpaired) electrons. The van der Waals surface area contributed by atoms with Crippen molar-refractivity contribution < 1.29 is 28.3 Å². The third kappa shape index (κ3) is 8.02. The molecular formula is C31H29N3O6S. The van der Waals surface area contributed by atoms with Crippen molar-refractivity contribution in [2.24, 2.45) is 0 Å². The largest absolute Gasteiger partial charge is 0.497 e. The highest BCUT2D eigenvalue weighted by molar-refractivity contribution is 8.00. The Morgan fingerprint density at radius 1 is 0.878 bits per heavy atom. The number of hydrogen-bond donors (Lipinski definition) is 3. The van der Waals surface area contributed by atoms with Crippen LogP contribution in [0.3, 0.4) is 0 Å². The molecule has 1 unspecified atom stereocenters. The van der Waals surface area contributed by atoms with Gasteiger partial charge in [0.15, 0.2) is 0 Å². The first-order valence-electron chi connectivity index (χ1n) is 12.6. The van der Waals surface area contributed by atoms with Crippen LogP contribution < -0.4 is 25.4 Å². The van der Waals surface area contributed by atoms with Gasteiger partial charge >= 0.3 is 0 Å². The van der Waals surface area contributed by atoms with Crippen molar-refractivity contribution in [2.75, 3.05) is 24.9 Å². The van der Waals surface area contributed by atoms with Gasteiger partial charge in [-0.05, 0) is 61.5 Å². The second-order valence-corrected chi connectivity index (χ2v) is 10.1.